The number of hydrogen-bond acceptors (Lipinski definition) is 3. The van der Waals surface area contributed by atoms with Crippen LogP contribution in [0.5, 0.6) is 11.5 Å². The number of halogens is 1. The van der Waals surface area contributed by atoms with E-state index in [4.69, 9.17) is 15.2 Å². The summed E-state index contributed by atoms with van der Waals surface area (Å²) in [5.74, 6) is 1.46. The summed E-state index contributed by atoms with van der Waals surface area (Å²) in [4.78, 5) is 0. The van der Waals surface area contributed by atoms with Gasteiger partial charge in [-0.2, -0.15) is 0 Å². The molecule has 15 heavy (non-hydrogen) atoms. The van der Waals surface area contributed by atoms with E-state index in [1.54, 1.807) is 14.2 Å². The van der Waals surface area contributed by atoms with Gasteiger partial charge in [0.1, 0.15) is 16.0 Å². The highest BCUT2D eigenvalue weighted by molar-refractivity contribution is 9.10. The van der Waals surface area contributed by atoms with Gasteiger partial charge in [0.15, 0.2) is 0 Å². The van der Waals surface area contributed by atoms with Crippen molar-refractivity contribution >= 4 is 15.9 Å². The molecule has 0 heterocycles. The van der Waals surface area contributed by atoms with Crippen molar-refractivity contribution in [1.29, 1.82) is 0 Å². The summed E-state index contributed by atoms with van der Waals surface area (Å²) in [7, 11) is 3.24. The van der Waals surface area contributed by atoms with Crippen LogP contribution in [0.3, 0.4) is 0 Å². The lowest BCUT2D eigenvalue weighted by atomic mass is 9.94. The number of nitrogens with two attached hydrogens (primary N) is 1. The fraction of sp³-hybridized carbons (Fsp3) is 0.455. The van der Waals surface area contributed by atoms with Gasteiger partial charge in [0.2, 0.25) is 0 Å². The van der Waals surface area contributed by atoms with Crippen LogP contribution in [0.4, 0.5) is 0 Å². The monoisotopic (exact) mass is 273 g/mol. The van der Waals surface area contributed by atoms with E-state index in [0.717, 1.165) is 21.5 Å². The molecule has 0 amide bonds. The lowest BCUT2D eigenvalue weighted by Crippen LogP contribution is -2.29. The molecule has 0 aliphatic carbocycles. The zero-order valence-electron chi connectivity index (χ0n) is 9.43. The van der Waals surface area contributed by atoms with Gasteiger partial charge in [0.25, 0.3) is 0 Å². The van der Waals surface area contributed by atoms with Crippen LogP contribution in [0.25, 0.3) is 0 Å². The summed E-state index contributed by atoms with van der Waals surface area (Å²) < 4.78 is 11.3. The van der Waals surface area contributed by atoms with Crippen LogP contribution in [0.2, 0.25) is 0 Å². The van der Waals surface area contributed by atoms with Crippen molar-refractivity contribution in [2.24, 2.45) is 5.73 Å². The summed E-state index contributed by atoms with van der Waals surface area (Å²) in [6.07, 6.45) is 0. The van der Waals surface area contributed by atoms with Crippen LogP contribution < -0.4 is 15.2 Å². The molecular formula is C11H16BrNO2. The number of methoxy groups -OCH3 is 2. The molecule has 0 saturated heterocycles. The Hall–Kier alpha value is -0.740. The Balaban J connectivity index is 3.38. The lowest BCUT2D eigenvalue weighted by molar-refractivity contribution is 0.376. The summed E-state index contributed by atoms with van der Waals surface area (Å²) in [5, 5.41) is 0. The zero-order chi connectivity index (χ0) is 11.6. The van der Waals surface area contributed by atoms with E-state index in [9.17, 15) is 0 Å². The molecule has 0 aliphatic rings. The van der Waals surface area contributed by atoms with Crippen molar-refractivity contribution in [2.75, 3.05) is 14.2 Å². The minimum absolute atomic E-state index is 0.444. The normalized spacial score (nSPS) is 11.3. The van der Waals surface area contributed by atoms with Gasteiger partial charge in [0.05, 0.1) is 14.2 Å². The smallest absolute Gasteiger partial charge is 0.141 e. The largest absolute Gasteiger partial charge is 0.495 e. The van der Waals surface area contributed by atoms with Gasteiger partial charge in [-0.25, -0.2) is 0 Å². The van der Waals surface area contributed by atoms with Gasteiger partial charge in [-0.3, -0.25) is 0 Å². The van der Waals surface area contributed by atoms with Crippen molar-refractivity contribution in [3.05, 3.63) is 22.2 Å². The average Bonchev–Trinajstić information content (AvgIpc) is 2.15. The average molecular weight is 274 g/mol. The minimum Gasteiger partial charge on any atom is -0.495 e. The fourth-order valence-corrected chi connectivity index (χ4v) is 2.07. The maximum Gasteiger partial charge on any atom is 0.141 e. The van der Waals surface area contributed by atoms with Crippen molar-refractivity contribution in [3.63, 3.8) is 0 Å². The molecule has 4 heteroatoms. The maximum atomic E-state index is 6.05. The standard InChI is InChI=1S/C11H16BrNO2/c1-11(2,13)7-5-6-8(14-3)9(12)10(7)15-4/h5-6H,13H2,1-4H3. The van der Waals surface area contributed by atoms with Crippen LogP contribution in [-0.4, -0.2) is 14.2 Å². The SMILES string of the molecule is COc1ccc(C(C)(C)N)c(OC)c1Br. The third-order valence-corrected chi connectivity index (χ3v) is 2.93. The van der Waals surface area contributed by atoms with E-state index in [0.29, 0.717) is 0 Å². The van der Waals surface area contributed by atoms with Crippen molar-refractivity contribution in [3.8, 4) is 11.5 Å². The molecule has 0 saturated carbocycles. The molecular weight excluding hydrogens is 258 g/mol. The van der Waals surface area contributed by atoms with Crippen LogP contribution in [-0.2, 0) is 5.54 Å². The van der Waals surface area contributed by atoms with Crippen LogP contribution in [0.1, 0.15) is 19.4 Å². The Bertz CT molecular complexity index is 358. The molecule has 1 rings (SSSR count). The first-order chi connectivity index (χ1) is 6.91. The summed E-state index contributed by atoms with van der Waals surface area (Å²) in [6.45, 7) is 3.87. The first-order valence-corrected chi connectivity index (χ1v) is 5.41. The van der Waals surface area contributed by atoms with Crippen molar-refractivity contribution in [2.45, 2.75) is 19.4 Å². The summed E-state index contributed by atoms with van der Waals surface area (Å²) in [6, 6.07) is 3.79. The highest BCUT2D eigenvalue weighted by atomic mass is 79.9. The second-order valence-electron chi connectivity index (χ2n) is 3.88. The molecule has 0 atom stereocenters. The van der Waals surface area contributed by atoms with E-state index in [1.165, 1.54) is 0 Å². The molecule has 0 aromatic heterocycles. The quantitative estimate of drug-likeness (QED) is 0.921. The summed E-state index contributed by atoms with van der Waals surface area (Å²) in [5.41, 5.74) is 6.55. The first-order valence-electron chi connectivity index (χ1n) is 4.61. The molecule has 0 spiro atoms. The molecule has 0 aliphatic heterocycles. The van der Waals surface area contributed by atoms with Crippen LogP contribution >= 0.6 is 15.9 Å². The third kappa shape index (κ3) is 2.44. The third-order valence-electron chi connectivity index (χ3n) is 2.18. The maximum absolute atomic E-state index is 6.05. The van der Waals surface area contributed by atoms with E-state index >= 15 is 0 Å². The molecule has 0 radical (unpaired) electrons. The number of ether oxygens (including phenoxy) is 2. The zero-order valence-corrected chi connectivity index (χ0v) is 11.0. The predicted molar refractivity (Wildman–Crippen MR) is 64.5 cm³/mol. The molecule has 1 aromatic rings. The highest BCUT2D eigenvalue weighted by Crippen LogP contribution is 2.40. The fourth-order valence-electron chi connectivity index (χ4n) is 1.40. The molecule has 0 fully saturated rings. The van der Waals surface area contributed by atoms with Crippen LogP contribution in [0.15, 0.2) is 16.6 Å². The first kappa shape index (κ1) is 12.3. The summed E-state index contributed by atoms with van der Waals surface area (Å²) >= 11 is 3.44. The number of hydrogen-bond donors (Lipinski definition) is 1. The van der Waals surface area contributed by atoms with Gasteiger partial charge in [-0.15, -0.1) is 0 Å². The Kier molecular flexibility index (Phi) is 3.62. The molecule has 0 unspecified atom stereocenters. The van der Waals surface area contributed by atoms with Crippen molar-refractivity contribution < 1.29 is 9.47 Å². The Morgan fingerprint density at radius 3 is 2.20 bits per heavy atom. The molecule has 84 valence electrons. The Labute approximate surface area is 98.7 Å². The highest BCUT2D eigenvalue weighted by Gasteiger charge is 2.22. The van der Waals surface area contributed by atoms with E-state index < -0.39 is 5.54 Å². The van der Waals surface area contributed by atoms with E-state index in [1.807, 2.05) is 26.0 Å². The predicted octanol–water partition coefficient (Wildman–Crippen LogP) is 2.66. The molecule has 3 nitrogen and oxygen atoms in total. The van der Waals surface area contributed by atoms with Gasteiger partial charge < -0.3 is 15.2 Å². The van der Waals surface area contributed by atoms with Gasteiger partial charge in [0, 0.05) is 11.1 Å². The minimum atomic E-state index is -0.444. The van der Waals surface area contributed by atoms with Crippen molar-refractivity contribution in [1.82, 2.24) is 0 Å². The second-order valence-corrected chi connectivity index (χ2v) is 4.68. The van der Waals surface area contributed by atoms with Gasteiger partial charge in [-0.1, -0.05) is 0 Å². The number of benzene rings is 1. The second kappa shape index (κ2) is 4.41. The number of rotatable bonds is 3. The molecule has 1 aromatic carbocycles. The topological polar surface area (TPSA) is 44.5 Å². The molecule has 0 bridgehead atoms. The van der Waals surface area contributed by atoms with Gasteiger partial charge in [-0.05, 0) is 41.9 Å². The van der Waals surface area contributed by atoms with Gasteiger partial charge >= 0.3 is 0 Å². The van der Waals surface area contributed by atoms with E-state index in [-0.39, 0.29) is 0 Å². The Morgan fingerprint density at radius 2 is 1.80 bits per heavy atom. The van der Waals surface area contributed by atoms with E-state index in [2.05, 4.69) is 15.9 Å². The lowest BCUT2D eigenvalue weighted by Gasteiger charge is -2.23. The Morgan fingerprint density at radius 1 is 1.20 bits per heavy atom. The molecule has 2 N–H and O–H groups in total. The van der Waals surface area contributed by atoms with Crippen LogP contribution in [0, 0.1) is 0 Å².